The van der Waals surface area contributed by atoms with E-state index in [9.17, 15) is 14.9 Å². The van der Waals surface area contributed by atoms with E-state index in [1.54, 1.807) is 0 Å². The number of ether oxygens (including phenoxy) is 3. The van der Waals surface area contributed by atoms with Crippen LogP contribution < -0.4 is 10.4 Å². The molecule has 1 saturated carbocycles. The first-order chi connectivity index (χ1) is 16.6. The van der Waals surface area contributed by atoms with Crippen LogP contribution in [-0.2, 0) is 28.2 Å². The van der Waals surface area contributed by atoms with Crippen molar-refractivity contribution in [1.29, 1.82) is 5.26 Å². The smallest absolute Gasteiger partial charge is 0.305 e. The van der Waals surface area contributed by atoms with Gasteiger partial charge < -0.3 is 18.6 Å². The summed E-state index contributed by atoms with van der Waals surface area (Å²) < 4.78 is 24.2. The molecule has 2 aromatic carbocycles. The average Bonchev–Trinajstić information content (AvgIpc) is 3.28. The van der Waals surface area contributed by atoms with E-state index < -0.39 is 50.3 Å². The van der Waals surface area contributed by atoms with Crippen molar-refractivity contribution in [3.8, 4) is 6.07 Å². The Morgan fingerprint density at radius 2 is 1.46 bits per heavy atom. The minimum atomic E-state index is -2.95. The molecule has 5 unspecified atom stereocenters. The van der Waals surface area contributed by atoms with Crippen LogP contribution in [0.1, 0.15) is 41.0 Å². The lowest BCUT2D eigenvalue weighted by molar-refractivity contribution is -0.205. The standard InChI is InChI=1S/C27H31NO6Si/c1-18(29)31-24-25(32-19(2)30)33-22-23(27(22,24)16-17-28)34-35(26(3,4)5,20-12-8-6-9-13-20)21-14-10-7-11-15-21/h6-15,22-25H,16H2,1-5H3. The van der Waals surface area contributed by atoms with Gasteiger partial charge in [-0.1, -0.05) is 81.4 Å². The fourth-order valence-electron chi connectivity index (χ4n) is 5.47. The maximum atomic E-state index is 12.0. The van der Waals surface area contributed by atoms with Crippen LogP contribution in [0.3, 0.4) is 0 Å². The van der Waals surface area contributed by atoms with Gasteiger partial charge in [0.1, 0.15) is 6.10 Å². The van der Waals surface area contributed by atoms with Crippen molar-refractivity contribution < 1.29 is 28.2 Å². The largest absolute Gasteiger partial charge is 0.455 e. The van der Waals surface area contributed by atoms with Gasteiger partial charge in [-0.15, -0.1) is 0 Å². The molecule has 7 nitrogen and oxygen atoms in total. The highest BCUT2D eigenvalue weighted by Crippen LogP contribution is 2.64. The van der Waals surface area contributed by atoms with Crippen molar-refractivity contribution in [1.82, 2.24) is 0 Å². The van der Waals surface area contributed by atoms with Gasteiger partial charge in [-0.25, -0.2) is 0 Å². The molecule has 1 saturated heterocycles. The molecule has 2 aromatic rings. The molecule has 35 heavy (non-hydrogen) atoms. The first-order valence-corrected chi connectivity index (χ1v) is 13.6. The van der Waals surface area contributed by atoms with Crippen LogP contribution in [0.4, 0.5) is 0 Å². The van der Waals surface area contributed by atoms with E-state index in [1.165, 1.54) is 13.8 Å². The van der Waals surface area contributed by atoms with E-state index in [4.69, 9.17) is 18.6 Å². The Kier molecular flexibility index (Phi) is 6.62. The molecule has 4 rings (SSSR count). The fourth-order valence-corrected chi connectivity index (χ4v) is 10.2. The van der Waals surface area contributed by atoms with E-state index in [2.05, 4.69) is 51.1 Å². The van der Waals surface area contributed by atoms with Crippen molar-refractivity contribution in [3.63, 3.8) is 0 Å². The maximum Gasteiger partial charge on any atom is 0.305 e. The van der Waals surface area contributed by atoms with Crippen molar-refractivity contribution in [2.24, 2.45) is 5.41 Å². The quantitative estimate of drug-likeness (QED) is 0.432. The summed E-state index contributed by atoms with van der Waals surface area (Å²) in [6.07, 6.45) is -3.02. The molecule has 1 aliphatic carbocycles. The highest BCUT2D eigenvalue weighted by molar-refractivity contribution is 6.99. The van der Waals surface area contributed by atoms with Crippen molar-refractivity contribution >= 4 is 30.6 Å². The van der Waals surface area contributed by atoms with Crippen LogP contribution in [0.2, 0.25) is 5.04 Å². The third-order valence-electron chi connectivity index (χ3n) is 6.96. The normalized spacial score (nSPS) is 27.4. The first-order valence-electron chi connectivity index (χ1n) is 11.7. The maximum absolute atomic E-state index is 12.0. The lowest BCUT2D eigenvalue weighted by Crippen LogP contribution is -2.67. The highest BCUT2D eigenvalue weighted by Gasteiger charge is 2.81. The Balaban J connectivity index is 1.82. The van der Waals surface area contributed by atoms with E-state index in [0.29, 0.717) is 0 Å². The number of fused-ring (bicyclic) bond motifs is 1. The predicted octanol–water partition coefficient (Wildman–Crippen LogP) is 3.06. The molecule has 0 amide bonds. The predicted molar refractivity (Wildman–Crippen MR) is 131 cm³/mol. The molecular weight excluding hydrogens is 462 g/mol. The number of benzene rings is 2. The van der Waals surface area contributed by atoms with Crippen molar-refractivity contribution in [3.05, 3.63) is 60.7 Å². The number of nitrogens with zero attached hydrogens (tertiary/aromatic N) is 1. The summed E-state index contributed by atoms with van der Waals surface area (Å²) in [5.41, 5.74) is -0.923. The van der Waals surface area contributed by atoms with E-state index in [-0.39, 0.29) is 11.5 Å². The Morgan fingerprint density at radius 1 is 0.943 bits per heavy atom. The molecule has 0 bridgehead atoms. The molecule has 1 heterocycles. The SMILES string of the molecule is CC(=O)OC1OC2C(O[Si](c3ccccc3)(c3ccccc3)C(C)(C)C)C2(CC#N)C1OC(C)=O. The van der Waals surface area contributed by atoms with Gasteiger partial charge in [0.25, 0.3) is 8.32 Å². The minimum Gasteiger partial charge on any atom is -0.455 e. The molecule has 184 valence electrons. The summed E-state index contributed by atoms with van der Waals surface area (Å²) >= 11 is 0. The lowest BCUT2D eigenvalue weighted by atomic mass is 9.95. The van der Waals surface area contributed by atoms with Crippen molar-refractivity contribution in [2.75, 3.05) is 0 Å². The molecule has 2 aliphatic rings. The van der Waals surface area contributed by atoms with Gasteiger partial charge in [0, 0.05) is 20.3 Å². The minimum absolute atomic E-state index is 0.0379. The molecule has 0 N–H and O–H groups in total. The van der Waals surface area contributed by atoms with Gasteiger partial charge in [-0.05, 0) is 15.4 Å². The number of nitriles is 1. The summed E-state index contributed by atoms with van der Waals surface area (Å²) in [6, 6.07) is 22.5. The Morgan fingerprint density at radius 3 is 1.89 bits per heavy atom. The summed E-state index contributed by atoms with van der Waals surface area (Å²) in [7, 11) is -2.95. The van der Waals surface area contributed by atoms with Gasteiger partial charge in [-0.2, -0.15) is 5.26 Å². The topological polar surface area (TPSA) is 94.9 Å². The third-order valence-corrected chi connectivity index (χ3v) is 12.0. The summed E-state index contributed by atoms with van der Waals surface area (Å²) in [5, 5.41) is 11.7. The second-order valence-corrected chi connectivity index (χ2v) is 14.5. The third kappa shape index (κ3) is 4.18. The van der Waals surface area contributed by atoms with Crippen LogP contribution in [0, 0.1) is 16.7 Å². The second kappa shape index (κ2) is 9.23. The molecule has 1 aliphatic heterocycles. The van der Waals surface area contributed by atoms with Gasteiger partial charge in [0.15, 0.2) is 6.10 Å². The molecule has 5 atom stereocenters. The van der Waals surface area contributed by atoms with Crippen molar-refractivity contribution in [2.45, 2.75) is 70.7 Å². The zero-order chi connectivity index (χ0) is 25.4. The zero-order valence-electron chi connectivity index (χ0n) is 20.7. The summed E-state index contributed by atoms with van der Waals surface area (Å²) in [5.74, 6) is -1.09. The summed E-state index contributed by atoms with van der Waals surface area (Å²) in [6.45, 7) is 9.06. The van der Waals surface area contributed by atoms with E-state index in [1.807, 2.05) is 36.4 Å². The molecule has 8 heteroatoms. The number of esters is 2. The van der Waals surface area contributed by atoms with Crippen LogP contribution >= 0.6 is 0 Å². The molecule has 0 aromatic heterocycles. The Labute approximate surface area is 207 Å². The number of carbonyl (C=O) groups is 2. The van der Waals surface area contributed by atoms with Gasteiger partial charge >= 0.3 is 11.9 Å². The number of hydrogen-bond acceptors (Lipinski definition) is 7. The number of rotatable bonds is 7. The van der Waals surface area contributed by atoms with Gasteiger partial charge in [-0.3, -0.25) is 9.59 Å². The van der Waals surface area contributed by atoms with Crippen LogP contribution in [-0.4, -0.2) is 44.9 Å². The highest BCUT2D eigenvalue weighted by atomic mass is 28.4. The van der Waals surface area contributed by atoms with E-state index in [0.717, 1.165) is 10.4 Å². The fraction of sp³-hybridized carbons (Fsp3) is 0.444. The number of carbonyl (C=O) groups excluding carboxylic acids is 2. The Hall–Kier alpha value is -2.99. The van der Waals surface area contributed by atoms with Gasteiger partial charge in [0.05, 0.1) is 17.6 Å². The Bertz CT molecular complexity index is 1090. The monoisotopic (exact) mass is 493 g/mol. The van der Waals surface area contributed by atoms with Crippen LogP contribution in [0.25, 0.3) is 0 Å². The molecule has 2 fully saturated rings. The first kappa shape index (κ1) is 25.1. The van der Waals surface area contributed by atoms with Crippen LogP contribution in [0.5, 0.6) is 0 Å². The average molecular weight is 494 g/mol. The van der Waals surface area contributed by atoms with Gasteiger partial charge in [0.2, 0.25) is 6.29 Å². The molecule has 0 spiro atoms. The number of hydrogen-bond donors (Lipinski definition) is 0. The van der Waals surface area contributed by atoms with Crippen LogP contribution in [0.15, 0.2) is 60.7 Å². The lowest BCUT2D eigenvalue weighted by Gasteiger charge is -2.44. The summed E-state index contributed by atoms with van der Waals surface area (Å²) in [4.78, 5) is 23.7. The zero-order valence-corrected chi connectivity index (χ0v) is 21.7. The van der Waals surface area contributed by atoms with E-state index >= 15 is 0 Å². The molecule has 0 radical (unpaired) electrons. The molecular formula is C27H31NO6Si. The second-order valence-electron chi connectivity index (χ2n) is 10.2.